The molecule has 0 saturated heterocycles. The molecule has 0 radical (unpaired) electrons. The van der Waals surface area contributed by atoms with Crippen LogP contribution in [0.1, 0.15) is 19.3 Å². The normalized spacial score (nSPS) is 14.6. The highest BCUT2D eigenvalue weighted by Gasteiger charge is 2.30. The standard InChI is InChI=1S/C17H31N5O6S3/c1-30-5-3-10(15(25)21-11(17(27)28)4-6-31-2)20-16(26)12(7-13(19)23)22-14(24)9(18)8-29/h9-12,29H,3-8,18H2,1-2H3,(H2,19,23)(H,20,26)(H,21,25)(H,22,24)(H,27,28). The van der Waals surface area contributed by atoms with Crippen LogP contribution in [0.15, 0.2) is 0 Å². The smallest absolute Gasteiger partial charge is 0.326 e. The minimum atomic E-state index is -1.34. The van der Waals surface area contributed by atoms with Gasteiger partial charge in [0.2, 0.25) is 23.6 Å². The van der Waals surface area contributed by atoms with Crippen molar-refractivity contribution in [1.82, 2.24) is 16.0 Å². The Balaban J connectivity index is 5.38. The van der Waals surface area contributed by atoms with E-state index in [-0.39, 0.29) is 18.6 Å². The second kappa shape index (κ2) is 16.1. The lowest BCUT2D eigenvalue weighted by atomic mass is 10.1. The molecule has 14 heteroatoms. The number of carbonyl (C=O) groups is 5. The van der Waals surface area contributed by atoms with Crippen molar-refractivity contribution in [3.63, 3.8) is 0 Å². The maximum Gasteiger partial charge on any atom is 0.326 e. The summed E-state index contributed by atoms with van der Waals surface area (Å²) in [4.78, 5) is 60.1. The van der Waals surface area contributed by atoms with Gasteiger partial charge in [0.1, 0.15) is 18.1 Å². The van der Waals surface area contributed by atoms with Gasteiger partial charge in [0.25, 0.3) is 0 Å². The molecule has 0 spiro atoms. The topological polar surface area (TPSA) is 194 Å². The van der Waals surface area contributed by atoms with E-state index < -0.39 is 60.2 Å². The molecule has 4 atom stereocenters. The molecule has 31 heavy (non-hydrogen) atoms. The summed E-state index contributed by atoms with van der Waals surface area (Å²) >= 11 is 6.78. The van der Waals surface area contributed by atoms with Crippen molar-refractivity contribution in [2.75, 3.05) is 29.8 Å². The van der Waals surface area contributed by atoms with Gasteiger partial charge >= 0.3 is 5.97 Å². The molecule has 4 unspecified atom stereocenters. The molecule has 11 nitrogen and oxygen atoms in total. The molecule has 178 valence electrons. The lowest BCUT2D eigenvalue weighted by molar-refractivity contribution is -0.142. The van der Waals surface area contributed by atoms with Crippen molar-refractivity contribution in [2.45, 2.75) is 43.4 Å². The SMILES string of the molecule is CSCCC(NC(=O)C(CCSC)NC(=O)C(CC(N)=O)NC(=O)C(N)CS)C(=O)O. The number of carbonyl (C=O) groups excluding carboxylic acids is 4. The highest BCUT2D eigenvalue weighted by Crippen LogP contribution is 2.06. The number of carboxylic acids is 1. The van der Waals surface area contributed by atoms with Crippen molar-refractivity contribution in [3.8, 4) is 0 Å². The van der Waals surface area contributed by atoms with Gasteiger partial charge in [-0.05, 0) is 36.9 Å². The van der Waals surface area contributed by atoms with E-state index in [9.17, 15) is 29.1 Å². The molecule has 0 bridgehead atoms. The van der Waals surface area contributed by atoms with Gasteiger partial charge in [-0.2, -0.15) is 36.2 Å². The lowest BCUT2D eigenvalue weighted by Crippen LogP contribution is -2.58. The maximum atomic E-state index is 12.7. The van der Waals surface area contributed by atoms with E-state index in [4.69, 9.17) is 11.5 Å². The summed E-state index contributed by atoms with van der Waals surface area (Å²) in [6.45, 7) is 0. The fourth-order valence-corrected chi connectivity index (χ4v) is 3.42. The van der Waals surface area contributed by atoms with Gasteiger partial charge in [-0.1, -0.05) is 0 Å². The summed E-state index contributed by atoms with van der Waals surface area (Å²) in [5.74, 6) is -3.17. The average molecular weight is 498 g/mol. The maximum absolute atomic E-state index is 12.7. The van der Waals surface area contributed by atoms with E-state index in [2.05, 4.69) is 28.6 Å². The Hall–Kier alpha value is -1.64. The van der Waals surface area contributed by atoms with Crippen molar-refractivity contribution in [2.24, 2.45) is 11.5 Å². The van der Waals surface area contributed by atoms with Crippen LogP contribution in [0.2, 0.25) is 0 Å². The number of amides is 4. The van der Waals surface area contributed by atoms with E-state index in [0.717, 1.165) is 0 Å². The number of thioether (sulfide) groups is 2. The molecule has 0 aromatic carbocycles. The Morgan fingerprint density at radius 3 is 1.77 bits per heavy atom. The zero-order valence-corrected chi connectivity index (χ0v) is 20.0. The van der Waals surface area contributed by atoms with E-state index in [1.807, 2.05) is 12.5 Å². The summed E-state index contributed by atoms with van der Waals surface area (Å²) in [7, 11) is 0. The molecule has 0 aliphatic heterocycles. The molecule has 0 heterocycles. The number of hydrogen-bond acceptors (Lipinski definition) is 9. The molecule has 0 aromatic heterocycles. The molecular weight excluding hydrogens is 466 g/mol. The third-order valence-electron chi connectivity index (χ3n) is 4.04. The summed E-state index contributed by atoms with van der Waals surface area (Å²) < 4.78 is 0. The van der Waals surface area contributed by atoms with Crippen LogP contribution in [0, 0.1) is 0 Å². The van der Waals surface area contributed by atoms with Gasteiger partial charge in [0.15, 0.2) is 0 Å². The highest BCUT2D eigenvalue weighted by atomic mass is 32.2. The predicted octanol–water partition coefficient (Wildman–Crippen LogP) is -1.84. The summed E-state index contributed by atoms with van der Waals surface area (Å²) in [5.41, 5.74) is 10.7. The summed E-state index contributed by atoms with van der Waals surface area (Å²) in [6, 6.07) is -4.52. The van der Waals surface area contributed by atoms with E-state index >= 15 is 0 Å². The van der Waals surface area contributed by atoms with Crippen LogP contribution in [0.3, 0.4) is 0 Å². The molecule has 0 aliphatic rings. The Labute approximate surface area is 195 Å². The largest absolute Gasteiger partial charge is 0.480 e. The number of rotatable bonds is 16. The minimum absolute atomic E-state index is 0.0160. The fourth-order valence-electron chi connectivity index (χ4n) is 2.31. The number of thiol groups is 1. The monoisotopic (exact) mass is 497 g/mol. The van der Waals surface area contributed by atoms with Crippen molar-refractivity contribution >= 4 is 65.8 Å². The van der Waals surface area contributed by atoms with E-state index in [1.165, 1.54) is 23.5 Å². The molecule has 4 amide bonds. The number of aliphatic carboxylic acids is 1. The summed E-state index contributed by atoms with van der Waals surface area (Å²) in [6.07, 6.45) is 3.55. The number of nitrogens with one attached hydrogen (secondary N) is 3. The molecular formula is C17H31N5O6S3. The van der Waals surface area contributed by atoms with Gasteiger partial charge < -0.3 is 32.5 Å². The Bertz CT molecular complexity index is 639. The zero-order valence-electron chi connectivity index (χ0n) is 17.5. The number of hydrogen-bond donors (Lipinski definition) is 7. The van der Waals surface area contributed by atoms with Crippen LogP contribution in [-0.2, 0) is 24.0 Å². The highest BCUT2D eigenvalue weighted by molar-refractivity contribution is 7.98. The zero-order chi connectivity index (χ0) is 24.0. The quantitative estimate of drug-likeness (QED) is 0.120. The third kappa shape index (κ3) is 12.1. The van der Waals surface area contributed by atoms with Crippen molar-refractivity contribution in [1.29, 1.82) is 0 Å². The number of nitrogens with two attached hydrogens (primary N) is 2. The molecule has 0 aromatic rings. The van der Waals surface area contributed by atoms with Gasteiger partial charge in [-0.15, -0.1) is 0 Å². The molecule has 0 rings (SSSR count). The molecule has 0 aliphatic carbocycles. The Kier molecular flexibility index (Phi) is 15.2. The van der Waals surface area contributed by atoms with E-state index in [0.29, 0.717) is 11.5 Å². The van der Waals surface area contributed by atoms with E-state index in [1.54, 1.807) is 0 Å². The second-order valence-corrected chi connectivity index (χ2v) is 8.88. The first-order valence-electron chi connectivity index (χ1n) is 9.33. The minimum Gasteiger partial charge on any atom is -0.480 e. The Morgan fingerprint density at radius 2 is 1.32 bits per heavy atom. The predicted molar refractivity (Wildman–Crippen MR) is 125 cm³/mol. The van der Waals surface area contributed by atoms with Crippen LogP contribution in [0.5, 0.6) is 0 Å². The van der Waals surface area contributed by atoms with Crippen LogP contribution in [0.25, 0.3) is 0 Å². The lowest BCUT2D eigenvalue weighted by Gasteiger charge is -2.24. The van der Waals surface area contributed by atoms with Gasteiger partial charge in [0.05, 0.1) is 12.5 Å². The molecule has 0 saturated carbocycles. The van der Waals surface area contributed by atoms with Gasteiger partial charge in [-0.3, -0.25) is 19.2 Å². The van der Waals surface area contributed by atoms with Crippen LogP contribution >= 0.6 is 36.2 Å². The number of primary amides is 1. The Morgan fingerprint density at radius 1 is 0.871 bits per heavy atom. The average Bonchev–Trinajstić information content (AvgIpc) is 2.71. The first-order valence-corrected chi connectivity index (χ1v) is 12.8. The van der Waals surface area contributed by atoms with Gasteiger partial charge in [-0.25, -0.2) is 4.79 Å². The first-order chi connectivity index (χ1) is 14.6. The fraction of sp³-hybridized carbons (Fsp3) is 0.706. The second-order valence-electron chi connectivity index (χ2n) is 6.54. The van der Waals surface area contributed by atoms with Crippen molar-refractivity contribution < 1.29 is 29.1 Å². The van der Waals surface area contributed by atoms with Gasteiger partial charge in [0, 0.05) is 5.75 Å². The van der Waals surface area contributed by atoms with Crippen LogP contribution in [-0.4, -0.2) is 88.6 Å². The number of carboxylic acid groups (broad SMARTS) is 1. The molecule has 8 N–H and O–H groups in total. The first kappa shape index (κ1) is 29.4. The van der Waals surface area contributed by atoms with Crippen LogP contribution in [0.4, 0.5) is 0 Å². The van der Waals surface area contributed by atoms with Crippen molar-refractivity contribution in [3.05, 3.63) is 0 Å². The third-order valence-corrected chi connectivity index (χ3v) is 5.72. The molecule has 0 fully saturated rings. The van der Waals surface area contributed by atoms with Crippen LogP contribution < -0.4 is 27.4 Å². The summed E-state index contributed by atoms with van der Waals surface area (Å²) in [5, 5.41) is 16.5.